The van der Waals surface area contributed by atoms with Gasteiger partial charge in [-0.05, 0) is 18.6 Å². The van der Waals surface area contributed by atoms with Gasteiger partial charge < -0.3 is 5.32 Å². The number of rotatable bonds is 4. The number of anilines is 1. The molecule has 1 fully saturated rings. The fourth-order valence-electron chi connectivity index (χ4n) is 3.73. The number of hydrogen-bond donors (Lipinski definition) is 1. The van der Waals surface area contributed by atoms with Crippen molar-refractivity contribution in [3.05, 3.63) is 53.9 Å². The summed E-state index contributed by atoms with van der Waals surface area (Å²) in [6, 6.07) is 10.7. The largest absolute Gasteiger partial charge is 0.323 e. The summed E-state index contributed by atoms with van der Waals surface area (Å²) in [5.74, 6) is -0.0870. The summed E-state index contributed by atoms with van der Waals surface area (Å²) in [5.41, 5.74) is 3.01. The minimum absolute atomic E-state index is 0.0615. The molecule has 8 nitrogen and oxygen atoms in total. The number of carbonyl (C=O) groups is 1. The monoisotopic (exact) mass is 413 g/mol. The summed E-state index contributed by atoms with van der Waals surface area (Å²) in [4.78, 5) is 19.6. The van der Waals surface area contributed by atoms with Crippen LogP contribution in [0.5, 0.6) is 0 Å². The van der Waals surface area contributed by atoms with Crippen LogP contribution in [0.3, 0.4) is 0 Å². The third kappa shape index (κ3) is 4.01. The minimum Gasteiger partial charge on any atom is -0.323 e. The number of sulfone groups is 1. The molecule has 0 radical (unpaired) electrons. The van der Waals surface area contributed by atoms with E-state index in [1.54, 1.807) is 10.9 Å². The van der Waals surface area contributed by atoms with E-state index in [2.05, 4.69) is 15.4 Å². The first-order chi connectivity index (χ1) is 13.8. The first-order valence-corrected chi connectivity index (χ1v) is 11.3. The average molecular weight is 414 g/mol. The van der Waals surface area contributed by atoms with Crippen LogP contribution in [-0.4, -0.2) is 58.6 Å². The third-order valence-electron chi connectivity index (χ3n) is 5.24. The molecule has 3 heterocycles. The number of carbonyl (C=O) groups excluding carboxylic acids is 1. The van der Waals surface area contributed by atoms with E-state index in [-0.39, 0.29) is 17.4 Å². The highest BCUT2D eigenvalue weighted by molar-refractivity contribution is 7.91. The molecule has 9 heteroatoms. The zero-order valence-electron chi connectivity index (χ0n) is 16.4. The number of nitrogens with zero attached hydrogens (tertiary/aromatic N) is 4. The second-order valence-electron chi connectivity index (χ2n) is 7.29. The molecule has 1 unspecified atom stereocenters. The topological polar surface area (TPSA) is 97.2 Å². The number of aryl methyl sites for hydroxylation is 2. The summed E-state index contributed by atoms with van der Waals surface area (Å²) in [6.45, 7) is 2.55. The number of hydrogen-bond acceptors (Lipinski definition) is 6. The molecule has 1 N–H and O–H groups in total. The number of fused-ring (bicyclic) bond motifs is 1. The van der Waals surface area contributed by atoms with Crippen LogP contribution in [0.4, 0.5) is 5.69 Å². The molecule has 152 valence electrons. The highest BCUT2D eigenvalue weighted by Gasteiger charge is 2.32. The summed E-state index contributed by atoms with van der Waals surface area (Å²) >= 11 is 0. The molecule has 0 saturated carbocycles. The maximum atomic E-state index is 13.2. The summed E-state index contributed by atoms with van der Waals surface area (Å²) < 4.78 is 25.4. The standard InChI is InChI=1S/C20H23N5O3S/c1-14-17-12-16(13-21-19(17)24(2)23-14)22-20(26)18(15-6-4-3-5-7-15)25-8-10-29(27,28)11-9-25/h3-7,12-13,18H,8-11H2,1-2H3,(H,22,26). The van der Waals surface area contributed by atoms with Gasteiger partial charge in [-0.15, -0.1) is 0 Å². The zero-order valence-corrected chi connectivity index (χ0v) is 17.2. The van der Waals surface area contributed by atoms with Crippen molar-refractivity contribution < 1.29 is 13.2 Å². The normalized spacial score (nSPS) is 17.9. The predicted octanol–water partition coefficient (Wildman–Crippen LogP) is 1.69. The SMILES string of the molecule is Cc1nn(C)c2ncc(NC(=O)C(c3ccccc3)N3CCS(=O)(=O)CC3)cc12. The van der Waals surface area contributed by atoms with Crippen LogP contribution in [0.15, 0.2) is 42.6 Å². The second-order valence-corrected chi connectivity index (χ2v) is 9.60. The van der Waals surface area contributed by atoms with Crippen molar-refractivity contribution in [2.75, 3.05) is 29.9 Å². The number of aromatic nitrogens is 3. The van der Waals surface area contributed by atoms with Gasteiger partial charge in [-0.1, -0.05) is 30.3 Å². The van der Waals surface area contributed by atoms with E-state index in [1.165, 1.54) is 0 Å². The average Bonchev–Trinajstić information content (AvgIpc) is 2.97. The molecule has 29 heavy (non-hydrogen) atoms. The highest BCUT2D eigenvalue weighted by Crippen LogP contribution is 2.26. The minimum atomic E-state index is -3.04. The Morgan fingerprint density at radius 2 is 1.86 bits per heavy atom. The number of pyridine rings is 1. The molecule has 1 saturated heterocycles. The Bertz CT molecular complexity index is 1140. The third-order valence-corrected chi connectivity index (χ3v) is 6.85. The molecule has 1 aromatic carbocycles. The van der Waals surface area contributed by atoms with Gasteiger partial charge in [0.05, 0.1) is 29.1 Å². The van der Waals surface area contributed by atoms with Crippen molar-refractivity contribution in [2.24, 2.45) is 7.05 Å². The molecule has 0 aliphatic carbocycles. The van der Waals surface area contributed by atoms with Gasteiger partial charge in [0.25, 0.3) is 0 Å². The summed E-state index contributed by atoms with van der Waals surface area (Å²) in [5, 5.41) is 8.19. The Labute approximate surface area is 169 Å². The molecule has 2 aromatic heterocycles. The Balaban J connectivity index is 1.62. The molecule has 1 aliphatic rings. The number of benzene rings is 1. The van der Waals surface area contributed by atoms with Gasteiger partial charge in [0.15, 0.2) is 15.5 Å². The van der Waals surface area contributed by atoms with E-state index in [0.717, 1.165) is 22.3 Å². The maximum Gasteiger partial charge on any atom is 0.246 e. The summed E-state index contributed by atoms with van der Waals surface area (Å²) in [7, 11) is -1.21. The first kappa shape index (κ1) is 19.5. The molecule has 1 amide bonds. The molecular weight excluding hydrogens is 390 g/mol. The van der Waals surface area contributed by atoms with E-state index < -0.39 is 15.9 Å². The van der Waals surface area contributed by atoms with Crippen molar-refractivity contribution in [2.45, 2.75) is 13.0 Å². The second kappa shape index (κ2) is 7.57. The van der Waals surface area contributed by atoms with Crippen LogP contribution in [0, 0.1) is 6.92 Å². The van der Waals surface area contributed by atoms with Crippen LogP contribution >= 0.6 is 0 Å². The fraction of sp³-hybridized carbons (Fsp3) is 0.350. The Morgan fingerprint density at radius 3 is 2.55 bits per heavy atom. The number of amides is 1. The van der Waals surface area contributed by atoms with Gasteiger partial charge in [0.2, 0.25) is 5.91 Å². The van der Waals surface area contributed by atoms with Crippen molar-refractivity contribution in [1.29, 1.82) is 0 Å². The van der Waals surface area contributed by atoms with Crippen LogP contribution in [0.25, 0.3) is 11.0 Å². The Morgan fingerprint density at radius 1 is 1.17 bits per heavy atom. The number of nitrogens with one attached hydrogen (secondary N) is 1. The van der Waals surface area contributed by atoms with Crippen LogP contribution < -0.4 is 5.32 Å². The van der Waals surface area contributed by atoms with Gasteiger partial charge in [-0.25, -0.2) is 13.4 Å². The van der Waals surface area contributed by atoms with Gasteiger partial charge in [0.1, 0.15) is 6.04 Å². The smallest absolute Gasteiger partial charge is 0.246 e. The van der Waals surface area contributed by atoms with Crippen LogP contribution in [0.2, 0.25) is 0 Å². The van der Waals surface area contributed by atoms with E-state index in [4.69, 9.17) is 0 Å². The van der Waals surface area contributed by atoms with Crippen LogP contribution in [-0.2, 0) is 21.7 Å². The molecule has 0 bridgehead atoms. The predicted molar refractivity (Wildman–Crippen MR) is 111 cm³/mol. The van der Waals surface area contributed by atoms with Gasteiger partial charge >= 0.3 is 0 Å². The first-order valence-electron chi connectivity index (χ1n) is 9.44. The van der Waals surface area contributed by atoms with Gasteiger partial charge in [0, 0.05) is 25.5 Å². The lowest BCUT2D eigenvalue weighted by Crippen LogP contribution is -2.46. The zero-order chi connectivity index (χ0) is 20.6. The lowest BCUT2D eigenvalue weighted by Gasteiger charge is -2.33. The van der Waals surface area contributed by atoms with Crippen LogP contribution in [0.1, 0.15) is 17.3 Å². The molecule has 1 atom stereocenters. The Kier molecular flexibility index (Phi) is 5.10. The van der Waals surface area contributed by atoms with Crippen molar-refractivity contribution in [1.82, 2.24) is 19.7 Å². The quantitative estimate of drug-likeness (QED) is 0.699. The molecule has 1 aliphatic heterocycles. The van der Waals surface area contributed by atoms with Crippen molar-refractivity contribution >= 4 is 32.5 Å². The molecule has 3 aromatic rings. The fourth-order valence-corrected chi connectivity index (χ4v) is 4.96. The van der Waals surface area contributed by atoms with E-state index >= 15 is 0 Å². The molecule has 4 rings (SSSR count). The Hall–Kier alpha value is -2.78. The highest BCUT2D eigenvalue weighted by atomic mass is 32.2. The maximum absolute atomic E-state index is 13.2. The van der Waals surface area contributed by atoms with Gasteiger partial charge in [-0.2, -0.15) is 5.10 Å². The summed E-state index contributed by atoms with van der Waals surface area (Å²) in [6.07, 6.45) is 1.62. The van der Waals surface area contributed by atoms with Gasteiger partial charge in [-0.3, -0.25) is 14.4 Å². The molecule has 0 spiro atoms. The van der Waals surface area contributed by atoms with E-state index in [1.807, 2.05) is 55.3 Å². The van der Waals surface area contributed by atoms with E-state index in [0.29, 0.717) is 18.8 Å². The van der Waals surface area contributed by atoms with Crippen molar-refractivity contribution in [3.63, 3.8) is 0 Å². The molecular formula is C20H23N5O3S. The lowest BCUT2D eigenvalue weighted by molar-refractivity contribution is -0.121. The van der Waals surface area contributed by atoms with Crippen molar-refractivity contribution in [3.8, 4) is 0 Å². The lowest BCUT2D eigenvalue weighted by atomic mass is 10.0. The van der Waals surface area contributed by atoms with E-state index in [9.17, 15) is 13.2 Å².